The van der Waals surface area contributed by atoms with Gasteiger partial charge < -0.3 is 4.42 Å². The minimum absolute atomic E-state index is 0.185. The number of para-hydroxylation sites is 2. The van der Waals surface area contributed by atoms with E-state index >= 15 is 0 Å². The molecule has 0 bridgehead atoms. The molecular formula is C55H36N4OS. The SMILES string of the molecule is CC1(C)c2cc(-c3cccc(-c4nc(-c5ccc(-c6ccccc6)cc5)nc(-c5cccc6c5oc5ccccc56)n4)c3)ccc2-c2c1ccc1nc(-c3ccccc3)sc21. The van der Waals surface area contributed by atoms with Gasteiger partial charge in [-0.15, -0.1) is 11.3 Å². The minimum atomic E-state index is -0.185. The Bertz CT molecular complexity index is 3500. The zero-order valence-electron chi connectivity index (χ0n) is 33.4. The van der Waals surface area contributed by atoms with E-state index in [0.29, 0.717) is 17.5 Å². The van der Waals surface area contributed by atoms with Crippen molar-refractivity contribution in [2.75, 3.05) is 0 Å². The highest BCUT2D eigenvalue weighted by Crippen LogP contribution is 2.53. The third-order valence-corrected chi connectivity index (χ3v) is 13.3. The van der Waals surface area contributed by atoms with Crippen LogP contribution in [-0.4, -0.2) is 19.9 Å². The van der Waals surface area contributed by atoms with Gasteiger partial charge in [0.15, 0.2) is 17.5 Å². The van der Waals surface area contributed by atoms with Crippen molar-refractivity contribution in [3.05, 3.63) is 193 Å². The van der Waals surface area contributed by atoms with E-state index in [-0.39, 0.29) is 5.41 Å². The van der Waals surface area contributed by atoms with Crippen LogP contribution in [0.2, 0.25) is 0 Å². The van der Waals surface area contributed by atoms with E-state index in [0.717, 1.165) is 77.0 Å². The van der Waals surface area contributed by atoms with Gasteiger partial charge in [0.1, 0.15) is 16.2 Å². The summed E-state index contributed by atoms with van der Waals surface area (Å²) in [6.07, 6.45) is 0. The van der Waals surface area contributed by atoms with Crippen LogP contribution in [-0.2, 0) is 5.41 Å². The van der Waals surface area contributed by atoms with Crippen molar-refractivity contribution in [2.45, 2.75) is 19.3 Å². The molecule has 0 saturated carbocycles. The fourth-order valence-electron chi connectivity index (χ4n) is 9.05. The van der Waals surface area contributed by atoms with Gasteiger partial charge in [-0.05, 0) is 69.3 Å². The van der Waals surface area contributed by atoms with Gasteiger partial charge in [0, 0.05) is 38.4 Å². The highest BCUT2D eigenvalue weighted by molar-refractivity contribution is 7.22. The topological polar surface area (TPSA) is 64.7 Å². The highest BCUT2D eigenvalue weighted by Gasteiger charge is 2.37. The number of nitrogens with zero attached hydrogens (tertiary/aromatic N) is 4. The van der Waals surface area contributed by atoms with Crippen LogP contribution in [0.1, 0.15) is 25.0 Å². The summed E-state index contributed by atoms with van der Waals surface area (Å²) in [5.74, 6) is 1.75. The molecule has 0 radical (unpaired) electrons. The van der Waals surface area contributed by atoms with E-state index in [1.165, 1.54) is 27.0 Å². The number of rotatable bonds is 6. The normalized spacial score (nSPS) is 12.9. The molecule has 61 heavy (non-hydrogen) atoms. The van der Waals surface area contributed by atoms with Crippen molar-refractivity contribution < 1.29 is 4.42 Å². The number of thiazole rings is 1. The molecule has 11 aromatic rings. The fraction of sp³-hybridized carbons (Fsp3) is 0.0545. The minimum Gasteiger partial charge on any atom is -0.455 e. The molecule has 6 heteroatoms. The Labute approximate surface area is 356 Å². The summed E-state index contributed by atoms with van der Waals surface area (Å²) >= 11 is 1.78. The molecule has 3 heterocycles. The van der Waals surface area contributed by atoms with Gasteiger partial charge in [0.25, 0.3) is 0 Å². The molecule has 3 aromatic heterocycles. The molecule has 0 aliphatic heterocycles. The number of benzene rings is 8. The molecule has 1 aliphatic rings. The van der Waals surface area contributed by atoms with Crippen molar-refractivity contribution >= 4 is 43.5 Å². The van der Waals surface area contributed by atoms with Gasteiger partial charge >= 0.3 is 0 Å². The van der Waals surface area contributed by atoms with Crippen LogP contribution in [0.25, 0.3) is 110 Å². The molecular weight excluding hydrogens is 765 g/mol. The van der Waals surface area contributed by atoms with E-state index in [1.54, 1.807) is 11.3 Å². The Morgan fingerprint density at radius 2 is 1.03 bits per heavy atom. The second-order valence-corrected chi connectivity index (χ2v) is 17.2. The first-order valence-electron chi connectivity index (χ1n) is 20.5. The molecule has 12 rings (SSSR count). The lowest BCUT2D eigenvalue weighted by molar-refractivity contribution is 0.661. The number of hydrogen-bond donors (Lipinski definition) is 0. The quantitative estimate of drug-likeness (QED) is 0.168. The van der Waals surface area contributed by atoms with Gasteiger partial charge in [-0.3, -0.25) is 0 Å². The summed E-state index contributed by atoms with van der Waals surface area (Å²) in [4.78, 5) is 20.6. The molecule has 0 unspecified atom stereocenters. The fourth-order valence-corrected chi connectivity index (χ4v) is 10.2. The van der Waals surface area contributed by atoms with E-state index in [4.69, 9.17) is 24.4 Å². The molecule has 0 fully saturated rings. The van der Waals surface area contributed by atoms with Crippen LogP contribution in [0.5, 0.6) is 0 Å². The monoisotopic (exact) mass is 800 g/mol. The second-order valence-electron chi connectivity index (χ2n) is 16.2. The van der Waals surface area contributed by atoms with E-state index in [2.05, 4.69) is 159 Å². The van der Waals surface area contributed by atoms with Crippen molar-refractivity contribution in [1.82, 2.24) is 19.9 Å². The zero-order chi connectivity index (χ0) is 40.7. The summed E-state index contributed by atoms with van der Waals surface area (Å²) in [7, 11) is 0. The lowest BCUT2D eigenvalue weighted by Gasteiger charge is -2.22. The van der Waals surface area contributed by atoms with E-state index in [1.807, 2.05) is 36.4 Å². The zero-order valence-corrected chi connectivity index (χ0v) is 34.2. The molecule has 0 amide bonds. The smallest absolute Gasteiger partial charge is 0.167 e. The van der Waals surface area contributed by atoms with Gasteiger partial charge in [-0.1, -0.05) is 166 Å². The van der Waals surface area contributed by atoms with Gasteiger partial charge in [-0.2, -0.15) is 0 Å². The first-order chi connectivity index (χ1) is 30.0. The van der Waals surface area contributed by atoms with Crippen molar-refractivity contribution in [1.29, 1.82) is 0 Å². The Hall–Kier alpha value is -7.54. The Morgan fingerprint density at radius 1 is 0.426 bits per heavy atom. The summed E-state index contributed by atoms with van der Waals surface area (Å²) in [5.41, 5.74) is 16.0. The Balaban J connectivity index is 0.971. The molecule has 0 N–H and O–H groups in total. The molecule has 0 spiro atoms. The van der Waals surface area contributed by atoms with E-state index in [9.17, 15) is 0 Å². The van der Waals surface area contributed by atoms with Crippen LogP contribution in [0.3, 0.4) is 0 Å². The molecule has 288 valence electrons. The van der Waals surface area contributed by atoms with Crippen LogP contribution in [0.4, 0.5) is 0 Å². The average Bonchev–Trinajstić information content (AvgIpc) is 4.00. The Morgan fingerprint density at radius 3 is 1.85 bits per heavy atom. The standard InChI is InChI=1S/C55H36N4OS/c1-55(2)44-29-30-46-50(61-54(56-46)36-15-7-4-8-16-36)48(44)42-28-27-38(32-45(42)55)37-17-11-18-39(31-37)52-57-51(35-25-23-34(24-26-35)33-13-5-3-6-14-33)58-53(59-52)43-21-12-20-41-40-19-9-10-22-47(40)60-49(41)43/h3-32H,1-2H3. The summed E-state index contributed by atoms with van der Waals surface area (Å²) < 4.78 is 7.73. The number of fused-ring (bicyclic) bond motifs is 8. The van der Waals surface area contributed by atoms with Gasteiger partial charge in [0.05, 0.1) is 15.8 Å². The maximum Gasteiger partial charge on any atom is 0.167 e. The Kier molecular flexibility index (Phi) is 7.99. The van der Waals surface area contributed by atoms with Crippen molar-refractivity contribution in [3.8, 4) is 78.1 Å². The second kappa shape index (κ2) is 13.8. The van der Waals surface area contributed by atoms with Gasteiger partial charge in [-0.25, -0.2) is 19.9 Å². The van der Waals surface area contributed by atoms with Crippen LogP contribution in [0, 0.1) is 0 Å². The van der Waals surface area contributed by atoms with Gasteiger partial charge in [0.2, 0.25) is 0 Å². The maximum atomic E-state index is 6.49. The highest BCUT2D eigenvalue weighted by atomic mass is 32.1. The predicted molar refractivity (Wildman–Crippen MR) is 250 cm³/mol. The summed E-state index contributed by atoms with van der Waals surface area (Å²) in [6, 6.07) is 63.6. The predicted octanol–water partition coefficient (Wildman–Crippen LogP) is 14.7. The van der Waals surface area contributed by atoms with Crippen molar-refractivity contribution in [3.63, 3.8) is 0 Å². The molecule has 5 nitrogen and oxygen atoms in total. The third kappa shape index (κ3) is 5.82. The summed E-state index contributed by atoms with van der Waals surface area (Å²) in [5, 5.41) is 3.14. The first kappa shape index (κ1) is 35.4. The average molecular weight is 801 g/mol. The van der Waals surface area contributed by atoms with Crippen LogP contribution < -0.4 is 0 Å². The van der Waals surface area contributed by atoms with Crippen LogP contribution >= 0.6 is 11.3 Å². The van der Waals surface area contributed by atoms with Crippen molar-refractivity contribution in [2.24, 2.45) is 0 Å². The summed E-state index contributed by atoms with van der Waals surface area (Å²) in [6.45, 7) is 4.68. The third-order valence-electron chi connectivity index (χ3n) is 12.2. The molecule has 1 aliphatic carbocycles. The maximum absolute atomic E-state index is 6.49. The lowest BCUT2D eigenvalue weighted by Crippen LogP contribution is -2.14. The molecule has 8 aromatic carbocycles. The molecule has 0 saturated heterocycles. The number of hydrogen-bond acceptors (Lipinski definition) is 6. The number of aromatic nitrogens is 4. The largest absolute Gasteiger partial charge is 0.455 e. The molecule has 0 atom stereocenters. The number of furan rings is 1. The van der Waals surface area contributed by atoms with E-state index < -0.39 is 0 Å². The lowest BCUT2D eigenvalue weighted by atomic mass is 9.81. The van der Waals surface area contributed by atoms with Crippen LogP contribution in [0.15, 0.2) is 186 Å². The first-order valence-corrected chi connectivity index (χ1v) is 21.4.